The summed E-state index contributed by atoms with van der Waals surface area (Å²) < 4.78 is 18.8. The molecule has 2 aromatic rings. The Labute approximate surface area is 185 Å². The van der Waals surface area contributed by atoms with Crippen LogP contribution < -0.4 is 10.5 Å². The Morgan fingerprint density at radius 1 is 1.26 bits per heavy atom. The summed E-state index contributed by atoms with van der Waals surface area (Å²) in [6.07, 6.45) is 1.95. The lowest BCUT2D eigenvalue weighted by molar-refractivity contribution is -0.116. The fourth-order valence-electron chi connectivity index (χ4n) is 4.15. The topological polar surface area (TPSA) is 79.3 Å². The second-order valence-electron chi connectivity index (χ2n) is 7.64. The largest absolute Gasteiger partial charge is 0.487 e. The van der Waals surface area contributed by atoms with Gasteiger partial charge in [0, 0.05) is 24.7 Å². The number of rotatable bonds is 4. The van der Waals surface area contributed by atoms with Crippen LogP contribution in [0.3, 0.4) is 0 Å². The van der Waals surface area contributed by atoms with Crippen LogP contribution in [0.5, 0.6) is 5.75 Å². The normalized spacial score (nSPS) is 18.7. The number of ketones is 1. The first-order chi connectivity index (χ1) is 14.9. The summed E-state index contributed by atoms with van der Waals surface area (Å²) in [5.74, 6) is -0.00871. The Morgan fingerprint density at radius 2 is 2.00 bits per heavy atom. The monoisotopic (exact) mass is 437 g/mol. The van der Waals surface area contributed by atoms with E-state index >= 15 is 0 Å². The molecule has 1 atom stereocenters. The molecule has 0 aromatic heterocycles. The molecule has 2 N–H and O–H groups in total. The van der Waals surface area contributed by atoms with E-state index in [1.54, 1.807) is 42.3 Å². The summed E-state index contributed by atoms with van der Waals surface area (Å²) >= 11 is 6.48. The molecule has 2 aromatic carbocycles. The third kappa shape index (κ3) is 3.89. The van der Waals surface area contributed by atoms with Crippen LogP contribution in [-0.2, 0) is 11.4 Å². The van der Waals surface area contributed by atoms with E-state index in [4.69, 9.17) is 22.1 Å². The van der Waals surface area contributed by atoms with E-state index in [1.165, 1.54) is 12.1 Å². The number of nitriles is 1. The molecule has 1 aliphatic carbocycles. The van der Waals surface area contributed by atoms with Crippen LogP contribution in [0.25, 0.3) is 0 Å². The number of Topliss-reactive ketones (excluding diaryl/α,β-unsaturated/α-hetero) is 1. The average molecular weight is 438 g/mol. The molecular weight excluding hydrogens is 417 g/mol. The molecule has 31 heavy (non-hydrogen) atoms. The number of nitrogens with zero attached hydrogens (tertiary/aromatic N) is 2. The van der Waals surface area contributed by atoms with Crippen molar-refractivity contribution in [3.8, 4) is 11.8 Å². The molecule has 0 saturated carbocycles. The first-order valence-electron chi connectivity index (χ1n) is 9.97. The zero-order valence-electron chi connectivity index (χ0n) is 17.0. The second-order valence-corrected chi connectivity index (χ2v) is 8.05. The summed E-state index contributed by atoms with van der Waals surface area (Å²) in [4.78, 5) is 14.6. The van der Waals surface area contributed by atoms with Crippen molar-refractivity contribution in [2.24, 2.45) is 5.73 Å². The molecule has 1 aliphatic heterocycles. The maximum absolute atomic E-state index is 13.1. The predicted molar refractivity (Wildman–Crippen MR) is 115 cm³/mol. The van der Waals surface area contributed by atoms with E-state index in [-0.39, 0.29) is 18.2 Å². The fourth-order valence-corrected chi connectivity index (χ4v) is 4.40. The molecule has 7 heteroatoms. The van der Waals surface area contributed by atoms with Gasteiger partial charge in [-0.25, -0.2) is 4.39 Å². The van der Waals surface area contributed by atoms with Gasteiger partial charge < -0.3 is 15.4 Å². The number of hydrogen-bond acceptors (Lipinski definition) is 5. The average Bonchev–Trinajstić information content (AvgIpc) is 2.76. The molecule has 1 heterocycles. The van der Waals surface area contributed by atoms with Gasteiger partial charge >= 0.3 is 0 Å². The van der Waals surface area contributed by atoms with Crippen LogP contribution >= 0.6 is 11.6 Å². The van der Waals surface area contributed by atoms with Crippen LogP contribution in [0, 0.1) is 17.1 Å². The molecule has 0 bridgehead atoms. The molecule has 0 amide bonds. The van der Waals surface area contributed by atoms with Crippen molar-refractivity contribution in [2.45, 2.75) is 31.8 Å². The summed E-state index contributed by atoms with van der Waals surface area (Å²) in [5.41, 5.74) is 9.61. The van der Waals surface area contributed by atoms with E-state index in [2.05, 4.69) is 6.07 Å². The van der Waals surface area contributed by atoms with Crippen molar-refractivity contribution in [1.82, 2.24) is 4.90 Å². The van der Waals surface area contributed by atoms with Gasteiger partial charge in [0.2, 0.25) is 0 Å². The minimum Gasteiger partial charge on any atom is -0.487 e. The maximum atomic E-state index is 13.1. The summed E-state index contributed by atoms with van der Waals surface area (Å²) in [7, 11) is 1.79. The van der Waals surface area contributed by atoms with Gasteiger partial charge in [0.25, 0.3) is 0 Å². The SMILES string of the molecule is CN1C(N)=C(C#N)[C@H](c2ccc(OCc3ccc(F)cc3)c(Cl)c2)C2=C1CCCC2=O. The number of hydrogen-bond donors (Lipinski definition) is 1. The first-order valence-corrected chi connectivity index (χ1v) is 10.3. The molecular formula is C24H21ClFN3O2. The Morgan fingerprint density at radius 3 is 2.68 bits per heavy atom. The van der Waals surface area contributed by atoms with Gasteiger partial charge in [-0.05, 0) is 48.2 Å². The highest BCUT2D eigenvalue weighted by molar-refractivity contribution is 6.32. The summed E-state index contributed by atoms with van der Waals surface area (Å²) in [6, 6.07) is 13.5. The fraction of sp³-hybridized carbons (Fsp3) is 0.250. The lowest BCUT2D eigenvalue weighted by Crippen LogP contribution is -2.36. The van der Waals surface area contributed by atoms with Gasteiger partial charge in [0.15, 0.2) is 5.78 Å². The lowest BCUT2D eigenvalue weighted by Gasteiger charge is -2.37. The summed E-state index contributed by atoms with van der Waals surface area (Å²) in [6.45, 7) is 0.234. The quantitative estimate of drug-likeness (QED) is 0.744. The molecule has 0 saturated heterocycles. The molecule has 2 aliphatic rings. The van der Waals surface area contributed by atoms with Crippen LogP contribution in [-0.4, -0.2) is 17.7 Å². The van der Waals surface area contributed by atoms with Crippen LogP contribution in [0.4, 0.5) is 4.39 Å². The van der Waals surface area contributed by atoms with E-state index in [1.807, 2.05) is 0 Å². The van der Waals surface area contributed by atoms with Gasteiger partial charge in [-0.1, -0.05) is 29.8 Å². The van der Waals surface area contributed by atoms with Gasteiger partial charge in [-0.3, -0.25) is 4.79 Å². The van der Waals surface area contributed by atoms with Crippen LogP contribution in [0.15, 0.2) is 65.1 Å². The number of carbonyl (C=O) groups excluding carboxylic acids is 1. The lowest BCUT2D eigenvalue weighted by atomic mass is 9.76. The Bertz CT molecular complexity index is 1150. The number of benzene rings is 2. The molecule has 0 radical (unpaired) electrons. The van der Waals surface area contributed by atoms with Gasteiger partial charge in [0.1, 0.15) is 24.0 Å². The predicted octanol–water partition coefficient (Wildman–Crippen LogP) is 4.79. The van der Waals surface area contributed by atoms with E-state index in [0.717, 1.165) is 29.7 Å². The zero-order valence-corrected chi connectivity index (χ0v) is 17.7. The smallest absolute Gasteiger partial charge is 0.161 e. The molecule has 0 spiro atoms. The van der Waals surface area contributed by atoms with E-state index in [0.29, 0.717) is 34.2 Å². The van der Waals surface area contributed by atoms with E-state index < -0.39 is 5.92 Å². The Balaban J connectivity index is 1.67. The molecule has 0 unspecified atom stereocenters. The first kappa shape index (κ1) is 21.0. The molecule has 158 valence electrons. The third-order valence-corrected chi connectivity index (χ3v) is 6.06. The van der Waals surface area contributed by atoms with Crippen molar-refractivity contribution in [2.75, 3.05) is 7.05 Å². The van der Waals surface area contributed by atoms with Crippen LogP contribution in [0.1, 0.15) is 36.3 Å². The molecule has 5 nitrogen and oxygen atoms in total. The van der Waals surface area contributed by atoms with Gasteiger partial charge in [-0.15, -0.1) is 0 Å². The van der Waals surface area contributed by atoms with Crippen molar-refractivity contribution < 1.29 is 13.9 Å². The highest BCUT2D eigenvalue weighted by Crippen LogP contribution is 2.45. The zero-order chi connectivity index (χ0) is 22.1. The molecule has 0 fully saturated rings. The minimum atomic E-state index is -0.548. The van der Waals surface area contributed by atoms with Crippen molar-refractivity contribution in [3.63, 3.8) is 0 Å². The molecule has 4 rings (SSSR count). The number of allylic oxidation sites excluding steroid dienone is 3. The number of halogens is 2. The standard InChI is InChI=1S/C24H21ClFN3O2/c1-29-19-3-2-4-20(30)23(19)22(17(12-27)24(29)28)15-7-10-21(18(25)11-15)31-13-14-5-8-16(26)9-6-14/h5-11,22H,2-4,13,28H2,1H3/t22-/m0/s1. The van der Waals surface area contributed by atoms with Gasteiger partial charge in [-0.2, -0.15) is 5.26 Å². The number of carbonyl (C=O) groups is 1. The third-order valence-electron chi connectivity index (χ3n) is 5.77. The van der Waals surface area contributed by atoms with Crippen LogP contribution in [0.2, 0.25) is 5.02 Å². The number of ether oxygens (including phenoxy) is 1. The van der Waals surface area contributed by atoms with Crippen molar-refractivity contribution >= 4 is 17.4 Å². The summed E-state index contributed by atoms with van der Waals surface area (Å²) in [5, 5.41) is 10.2. The highest BCUT2D eigenvalue weighted by Gasteiger charge is 2.38. The van der Waals surface area contributed by atoms with E-state index in [9.17, 15) is 14.4 Å². The van der Waals surface area contributed by atoms with Crippen molar-refractivity contribution in [1.29, 1.82) is 5.26 Å². The van der Waals surface area contributed by atoms with Gasteiger partial charge in [0.05, 0.1) is 22.6 Å². The highest BCUT2D eigenvalue weighted by atomic mass is 35.5. The minimum absolute atomic E-state index is 0.0334. The number of nitrogens with two attached hydrogens (primary N) is 1. The Hall–Kier alpha value is -3.30. The maximum Gasteiger partial charge on any atom is 0.161 e. The van der Waals surface area contributed by atoms with Crippen molar-refractivity contribution in [3.05, 3.63) is 87.1 Å². The Kier molecular flexibility index (Phi) is 5.71. The second kappa shape index (κ2) is 8.44.